The molecule has 0 radical (unpaired) electrons. The first-order chi connectivity index (χ1) is 16.0. The Morgan fingerprint density at radius 3 is 2.94 bits per heavy atom. The maximum atomic E-state index is 11.6. The normalized spacial score (nSPS) is 15.1. The molecule has 170 valence electrons. The maximum Gasteiger partial charge on any atom is 0.319 e. The molecular weight excluding hydrogens is 420 g/mol. The van der Waals surface area contributed by atoms with Crippen LogP contribution in [0.1, 0.15) is 49.4 Å². The molecular formula is C25H26N4O4. The zero-order valence-electron chi connectivity index (χ0n) is 18.9. The molecule has 0 spiro atoms. The van der Waals surface area contributed by atoms with E-state index < -0.39 is 0 Å². The lowest BCUT2D eigenvalue weighted by molar-refractivity contribution is -0.139. The van der Waals surface area contributed by atoms with Crippen molar-refractivity contribution in [1.29, 1.82) is 5.26 Å². The van der Waals surface area contributed by atoms with Gasteiger partial charge in [0.2, 0.25) is 5.82 Å². The van der Waals surface area contributed by atoms with Crippen molar-refractivity contribution in [2.45, 2.75) is 45.3 Å². The van der Waals surface area contributed by atoms with E-state index >= 15 is 0 Å². The molecule has 1 aromatic heterocycles. The van der Waals surface area contributed by atoms with Crippen molar-refractivity contribution in [3.8, 4) is 34.7 Å². The van der Waals surface area contributed by atoms with E-state index in [0.717, 1.165) is 36.0 Å². The highest BCUT2D eigenvalue weighted by Gasteiger charge is 2.25. The van der Waals surface area contributed by atoms with Gasteiger partial charge in [-0.05, 0) is 62.4 Å². The number of rotatable bonds is 7. The number of esters is 1. The van der Waals surface area contributed by atoms with Crippen LogP contribution in [0.3, 0.4) is 0 Å². The van der Waals surface area contributed by atoms with E-state index in [1.165, 1.54) is 7.11 Å². The summed E-state index contributed by atoms with van der Waals surface area (Å²) in [6.07, 6.45) is 2.78. The van der Waals surface area contributed by atoms with E-state index in [0.29, 0.717) is 28.6 Å². The second kappa shape index (κ2) is 9.84. The van der Waals surface area contributed by atoms with E-state index in [1.807, 2.05) is 32.0 Å². The van der Waals surface area contributed by atoms with Crippen LogP contribution in [0.25, 0.3) is 22.8 Å². The number of hydrogen-bond donors (Lipinski definition) is 1. The summed E-state index contributed by atoms with van der Waals surface area (Å²) in [5, 5.41) is 17.0. The molecule has 1 atom stereocenters. The molecule has 0 amide bonds. The summed E-state index contributed by atoms with van der Waals surface area (Å²) in [5.41, 5.74) is 4.27. The van der Waals surface area contributed by atoms with Gasteiger partial charge in [-0.25, -0.2) is 0 Å². The molecule has 33 heavy (non-hydrogen) atoms. The molecule has 0 saturated heterocycles. The third kappa shape index (κ3) is 4.89. The Kier molecular flexibility index (Phi) is 6.71. The van der Waals surface area contributed by atoms with Gasteiger partial charge >= 0.3 is 5.97 Å². The van der Waals surface area contributed by atoms with Crippen LogP contribution in [-0.2, 0) is 16.0 Å². The summed E-state index contributed by atoms with van der Waals surface area (Å²) in [4.78, 5) is 16.2. The number of benzene rings is 2. The average molecular weight is 447 g/mol. The topological polar surface area (TPSA) is 110 Å². The quantitative estimate of drug-likeness (QED) is 0.538. The number of methoxy groups -OCH3 is 1. The number of hydrogen-bond acceptors (Lipinski definition) is 8. The molecule has 2 aromatic carbocycles. The van der Waals surface area contributed by atoms with Crippen molar-refractivity contribution >= 4 is 5.97 Å². The van der Waals surface area contributed by atoms with Gasteiger partial charge in [0.1, 0.15) is 11.8 Å². The summed E-state index contributed by atoms with van der Waals surface area (Å²) in [5.74, 6) is 1.07. The number of ether oxygens (including phenoxy) is 2. The van der Waals surface area contributed by atoms with Crippen LogP contribution in [-0.4, -0.2) is 35.9 Å². The van der Waals surface area contributed by atoms with Gasteiger partial charge < -0.3 is 19.3 Å². The number of nitrogens with one attached hydrogen (secondary N) is 1. The van der Waals surface area contributed by atoms with Gasteiger partial charge in [-0.3, -0.25) is 4.79 Å². The number of fused-ring (bicyclic) bond motifs is 1. The monoisotopic (exact) mass is 446 g/mol. The van der Waals surface area contributed by atoms with Crippen molar-refractivity contribution < 1.29 is 18.8 Å². The molecule has 0 bridgehead atoms. The first-order valence-corrected chi connectivity index (χ1v) is 11.0. The maximum absolute atomic E-state index is 11.6. The highest BCUT2D eigenvalue weighted by Crippen LogP contribution is 2.36. The number of nitriles is 1. The summed E-state index contributed by atoms with van der Waals surface area (Å²) in [6, 6.07) is 13.5. The summed E-state index contributed by atoms with van der Waals surface area (Å²) in [7, 11) is 1.38. The van der Waals surface area contributed by atoms with Crippen LogP contribution in [0.5, 0.6) is 5.75 Å². The Morgan fingerprint density at radius 1 is 1.33 bits per heavy atom. The molecule has 0 saturated carbocycles. The molecule has 1 N–H and O–H groups in total. The minimum Gasteiger partial charge on any atom is -0.490 e. The molecule has 1 aliphatic carbocycles. The van der Waals surface area contributed by atoms with Crippen molar-refractivity contribution in [2.75, 3.05) is 13.7 Å². The Balaban J connectivity index is 1.62. The summed E-state index contributed by atoms with van der Waals surface area (Å²) in [6.45, 7) is 3.99. The van der Waals surface area contributed by atoms with E-state index in [2.05, 4.69) is 27.6 Å². The van der Waals surface area contributed by atoms with Gasteiger partial charge in [0.05, 0.1) is 25.3 Å². The molecule has 4 rings (SSSR count). The van der Waals surface area contributed by atoms with Crippen LogP contribution in [0.4, 0.5) is 0 Å². The van der Waals surface area contributed by atoms with Crippen molar-refractivity contribution in [1.82, 2.24) is 15.5 Å². The Labute approximate surface area is 192 Å². The predicted octanol–water partition coefficient (Wildman–Crippen LogP) is 4.20. The highest BCUT2D eigenvalue weighted by molar-refractivity contribution is 5.71. The summed E-state index contributed by atoms with van der Waals surface area (Å²) >= 11 is 0. The molecule has 1 aliphatic rings. The number of aromatic nitrogens is 2. The zero-order valence-corrected chi connectivity index (χ0v) is 18.9. The van der Waals surface area contributed by atoms with Crippen molar-refractivity contribution in [3.63, 3.8) is 0 Å². The standard InChI is InChI=1S/C25H26N4O4/c1-15(2)32-22-11-10-16(12-17(22)13-26)25-28-24(29-33-25)20-8-4-7-19-18(20)6-5-9-21(19)27-14-23(30)31-3/h4,7-8,10-12,15,21,27H,5-6,9,14H2,1-3H3. The van der Waals surface area contributed by atoms with Crippen molar-refractivity contribution in [3.05, 3.63) is 53.1 Å². The zero-order chi connectivity index (χ0) is 23.4. The van der Waals surface area contributed by atoms with Gasteiger partial charge in [-0.15, -0.1) is 0 Å². The third-order valence-electron chi connectivity index (χ3n) is 5.60. The van der Waals surface area contributed by atoms with E-state index in [4.69, 9.17) is 14.0 Å². The fraction of sp³-hybridized carbons (Fsp3) is 0.360. The second-order valence-electron chi connectivity index (χ2n) is 8.19. The largest absolute Gasteiger partial charge is 0.490 e. The predicted molar refractivity (Wildman–Crippen MR) is 121 cm³/mol. The molecule has 1 heterocycles. The molecule has 8 heteroatoms. The van der Waals surface area contributed by atoms with Gasteiger partial charge in [0.15, 0.2) is 0 Å². The molecule has 1 unspecified atom stereocenters. The highest BCUT2D eigenvalue weighted by atomic mass is 16.5. The minimum atomic E-state index is -0.289. The molecule has 8 nitrogen and oxygen atoms in total. The third-order valence-corrected chi connectivity index (χ3v) is 5.60. The molecule has 0 fully saturated rings. The average Bonchev–Trinajstić information content (AvgIpc) is 3.32. The van der Waals surface area contributed by atoms with Crippen molar-refractivity contribution in [2.24, 2.45) is 0 Å². The van der Waals surface area contributed by atoms with E-state index in [-0.39, 0.29) is 24.7 Å². The minimum absolute atomic E-state index is 0.0341. The van der Waals surface area contributed by atoms with Gasteiger partial charge in [0.25, 0.3) is 5.89 Å². The fourth-order valence-electron chi connectivity index (χ4n) is 4.11. The SMILES string of the molecule is COC(=O)CNC1CCCc2c(-c3noc(-c4ccc(OC(C)C)c(C#N)c4)n3)cccc21. The summed E-state index contributed by atoms with van der Waals surface area (Å²) < 4.78 is 16.0. The first-order valence-electron chi connectivity index (χ1n) is 11.0. The van der Waals surface area contributed by atoms with Crippen LogP contribution < -0.4 is 10.1 Å². The van der Waals surface area contributed by atoms with Gasteiger partial charge in [-0.1, -0.05) is 23.4 Å². The van der Waals surface area contributed by atoms with Crippen LogP contribution >= 0.6 is 0 Å². The Morgan fingerprint density at radius 2 is 2.18 bits per heavy atom. The fourth-order valence-corrected chi connectivity index (χ4v) is 4.11. The number of nitrogens with zero attached hydrogens (tertiary/aromatic N) is 3. The lowest BCUT2D eigenvalue weighted by Crippen LogP contribution is -2.30. The van der Waals surface area contributed by atoms with Crippen LogP contribution in [0, 0.1) is 11.3 Å². The smallest absolute Gasteiger partial charge is 0.319 e. The lowest BCUT2D eigenvalue weighted by Gasteiger charge is -2.27. The van der Waals surface area contributed by atoms with Gasteiger partial charge in [0, 0.05) is 17.2 Å². The number of carbonyl (C=O) groups excluding carboxylic acids is 1. The van der Waals surface area contributed by atoms with Crippen LogP contribution in [0.2, 0.25) is 0 Å². The molecule has 3 aromatic rings. The van der Waals surface area contributed by atoms with E-state index in [9.17, 15) is 10.1 Å². The Bertz CT molecular complexity index is 1200. The van der Waals surface area contributed by atoms with Gasteiger partial charge in [-0.2, -0.15) is 10.2 Å². The van der Waals surface area contributed by atoms with Crippen LogP contribution in [0.15, 0.2) is 40.9 Å². The molecule has 0 aliphatic heterocycles. The lowest BCUT2D eigenvalue weighted by atomic mass is 9.84. The Hall–Kier alpha value is -3.70. The second-order valence-corrected chi connectivity index (χ2v) is 8.19. The number of carbonyl (C=O) groups is 1. The van der Waals surface area contributed by atoms with E-state index in [1.54, 1.807) is 12.1 Å². The first kappa shape index (κ1) is 22.5.